The Morgan fingerprint density at radius 1 is 0.943 bits per heavy atom. The Morgan fingerprint density at radius 2 is 1.51 bits per heavy atom. The number of carbonyl (C=O) groups excluding carboxylic acids is 2. The molecular formula is C24H30N4O5S2. The molecule has 0 radical (unpaired) electrons. The molecule has 0 saturated carbocycles. The first-order valence-corrected chi connectivity index (χ1v) is 11.4. The van der Waals surface area contributed by atoms with Crippen LogP contribution in [0.5, 0.6) is 11.5 Å². The Labute approximate surface area is 215 Å². The van der Waals surface area contributed by atoms with E-state index < -0.39 is 17.7 Å². The van der Waals surface area contributed by atoms with Crippen LogP contribution in [0.2, 0.25) is 0 Å². The van der Waals surface area contributed by atoms with Gasteiger partial charge >= 0.3 is 0 Å². The first kappa shape index (κ1) is 28.0. The van der Waals surface area contributed by atoms with E-state index in [1.807, 2.05) is 19.1 Å². The minimum absolute atomic E-state index is 0.238. The summed E-state index contributed by atoms with van der Waals surface area (Å²) in [7, 11) is 6.20. The zero-order chi connectivity index (χ0) is 26.3. The number of hydrogen-bond acceptors (Lipinski definition) is 7. The molecule has 0 aromatic heterocycles. The van der Waals surface area contributed by atoms with Gasteiger partial charge in [0.15, 0.2) is 0 Å². The van der Waals surface area contributed by atoms with E-state index in [1.165, 1.54) is 31.2 Å². The lowest BCUT2D eigenvalue weighted by molar-refractivity contribution is -0.137. The number of rotatable bonds is 7. The summed E-state index contributed by atoms with van der Waals surface area (Å²) in [5.41, 5.74) is 7.96. The molecule has 9 nitrogen and oxygen atoms in total. The van der Waals surface area contributed by atoms with Gasteiger partial charge in [-0.1, -0.05) is 42.1 Å². The van der Waals surface area contributed by atoms with Crippen LogP contribution in [0.15, 0.2) is 36.4 Å². The van der Waals surface area contributed by atoms with E-state index in [4.69, 9.17) is 33.9 Å². The Hall–Kier alpha value is -3.28. The van der Waals surface area contributed by atoms with Crippen molar-refractivity contribution in [3.05, 3.63) is 58.7 Å². The van der Waals surface area contributed by atoms with E-state index in [1.54, 1.807) is 38.4 Å². The van der Waals surface area contributed by atoms with Crippen LogP contribution in [0, 0.1) is 12.8 Å². The molecule has 0 bridgehead atoms. The first-order chi connectivity index (χ1) is 16.5. The molecule has 2 aromatic rings. The third kappa shape index (κ3) is 6.87. The minimum atomic E-state index is -1.06. The van der Waals surface area contributed by atoms with E-state index in [0.717, 1.165) is 5.56 Å². The number of aliphatic hydroxyl groups excluding tert-OH is 1. The van der Waals surface area contributed by atoms with Crippen molar-refractivity contribution >= 4 is 46.2 Å². The highest BCUT2D eigenvalue weighted by Gasteiger charge is 2.26. The highest BCUT2D eigenvalue weighted by molar-refractivity contribution is 7.81. The second-order valence-electron chi connectivity index (χ2n) is 7.79. The van der Waals surface area contributed by atoms with Crippen molar-refractivity contribution < 1.29 is 24.2 Å². The van der Waals surface area contributed by atoms with E-state index >= 15 is 0 Å². The number of hydrazine groups is 2. The molecular weight excluding hydrogens is 488 g/mol. The summed E-state index contributed by atoms with van der Waals surface area (Å²) in [5, 5.41) is 12.3. The summed E-state index contributed by atoms with van der Waals surface area (Å²) in [4.78, 5) is 26.1. The van der Waals surface area contributed by atoms with Gasteiger partial charge in [-0.05, 0) is 43.7 Å². The monoisotopic (exact) mass is 518 g/mol. The fourth-order valence-corrected chi connectivity index (χ4v) is 3.56. The zero-order valence-corrected chi connectivity index (χ0v) is 22.2. The molecule has 11 heteroatoms. The van der Waals surface area contributed by atoms with Gasteiger partial charge in [-0.25, -0.2) is 0 Å². The molecule has 188 valence electrons. The zero-order valence-electron chi connectivity index (χ0n) is 20.5. The summed E-state index contributed by atoms with van der Waals surface area (Å²) in [6.45, 7) is 3.15. The molecule has 0 aliphatic carbocycles. The number of hydrogen-bond donors (Lipinski definition) is 3. The number of carbonyl (C=O) groups is 2. The van der Waals surface area contributed by atoms with Crippen molar-refractivity contribution in [1.29, 1.82) is 0 Å². The van der Waals surface area contributed by atoms with Crippen molar-refractivity contribution in [2.24, 2.45) is 5.92 Å². The summed E-state index contributed by atoms with van der Waals surface area (Å²) >= 11 is 11.0. The minimum Gasteiger partial charge on any atom is -0.497 e. The van der Waals surface area contributed by atoms with E-state index in [2.05, 4.69) is 10.9 Å². The quantitative estimate of drug-likeness (QED) is 0.289. The summed E-state index contributed by atoms with van der Waals surface area (Å²) in [6.07, 6.45) is 0. The lowest BCUT2D eigenvalue weighted by atomic mass is 10.1. The second kappa shape index (κ2) is 12.4. The number of thiocarbonyl (C=S) groups is 2. The fraction of sp³-hybridized carbons (Fsp3) is 0.333. The maximum atomic E-state index is 12.8. The highest BCUT2D eigenvalue weighted by Crippen LogP contribution is 2.22. The number of methoxy groups -OCH3 is 2. The number of ether oxygens (including phenoxy) is 2. The van der Waals surface area contributed by atoms with E-state index in [-0.39, 0.29) is 11.6 Å². The van der Waals surface area contributed by atoms with Gasteiger partial charge in [0, 0.05) is 19.7 Å². The Balaban J connectivity index is 2.06. The lowest BCUT2D eigenvalue weighted by Gasteiger charge is -2.26. The predicted molar refractivity (Wildman–Crippen MR) is 141 cm³/mol. The van der Waals surface area contributed by atoms with Crippen LogP contribution >= 0.6 is 24.4 Å². The SMILES string of the molecule is COc1ccc(CO)c(C(=S)N(C)NC(=O)C(C)C(=O)NN(C)C(=S)c2cc(C)ccc2OC)c1. The maximum absolute atomic E-state index is 12.8. The van der Waals surface area contributed by atoms with E-state index in [9.17, 15) is 14.7 Å². The molecule has 1 unspecified atom stereocenters. The van der Waals surface area contributed by atoms with Gasteiger partial charge in [-0.3, -0.25) is 30.5 Å². The van der Waals surface area contributed by atoms with Crippen molar-refractivity contribution in [3.63, 3.8) is 0 Å². The van der Waals surface area contributed by atoms with Crippen molar-refractivity contribution in [1.82, 2.24) is 20.9 Å². The number of nitrogens with one attached hydrogen (secondary N) is 2. The third-order valence-corrected chi connectivity index (χ3v) is 6.24. The van der Waals surface area contributed by atoms with Crippen LogP contribution in [0.25, 0.3) is 0 Å². The molecule has 0 heterocycles. The van der Waals surface area contributed by atoms with E-state index in [0.29, 0.717) is 33.2 Å². The van der Waals surface area contributed by atoms with Gasteiger partial charge in [0.05, 0.1) is 26.4 Å². The van der Waals surface area contributed by atoms with Crippen molar-refractivity contribution in [2.45, 2.75) is 20.5 Å². The smallest absolute Gasteiger partial charge is 0.250 e. The summed E-state index contributed by atoms with van der Waals surface area (Å²) in [5.74, 6) is -1.07. The summed E-state index contributed by atoms with van der Waals surface area (Å²) in [6, 6.07) is 10.6. The molecule has 1 atom stereocenters. The molecule has 0 fully saturated rings. The van der Waals surface area contributed by atoms with Crippen molar-refractivity contribution in [3.8, 4) is 11.5 Å². The summed E-state index contributed by atoms with van der Waals surface area (Å²) < 4.78 is 10.6. The predicted octanol–water partition coefficient (Wildman–Crippen LogP) is 2.12. The molecule has 35 heavy (non-hydrogen) atoms. The number of aliphatic hydroxyl groups is 1. The average Bonchev–Trinajstić information content (AvgIpc) is 2.86. The first-order valence-electron chi connectivity index (χ1n) is 10.6. The fourth-order valence-electron chi connectivity index (χ4n) is 3.11. The van der Waals surface area contributed by atoms with Gasteiger partial charge in [0.25, 0.3) is 11.8 Å². The van der Waals surface area contributed by atoms with Crippen molar-refractivity contribution in [2.75, 3.05) is 28.3 Å². The van der Waals surface area contributed by atoms with Crippen LogP contribution in [0.1, 0.15) is 29.2 Å². The number of aryl methyl sites for hydroxylation is 1. The molecule has 2 aromatic carbocycles. The van der Waals surface area contributed by atoms with Gasteiger partial charge in [-0.2, -0.15) is 0 Å². The van der Waals surface area contributed by atoms with Crippen LogP contribution in [0.3, 0.4) is 0 Å². The largest absolute Gasteiger partial charge is 0.497 e. The van der Waals surface area contributed by atoms with Gasteiger partial charge in [-0.15, -0.1) is 0 Å². The second-order valence-corrected chi connectivity index (χ2v) is 8.56. The normalized spacial score (nSPS) is 11.2. The maximum Gasteiger partial charge on any atom is 0.250 e. The van der Waals surface area contributed by atoms with Crippen LogP contribution in [0.4, 0.5) is 0 Å². The molecule has 3 N–H and O–H groups in total. The Bertz CT molecular complexity index is 1130. The molecule has 2 amide bonds. The van der Waals surface area contributed by atoms with Gasteiger partial charge in [0.1, 0.15) is 27.4 Å². The molecule has 0 spiro atoms. The Morgan fingerprint density at radius 3 is 2.03 bits per heavy atom. The highest BCUT2D eigenvalue weighted by atomic mass is 32.1. The number of amides is 2. The van der Waals surface area contributed by atoms with Crippen LogP contribution < -0.4 is 20.3 Å². The van der Waals surface area contributed by atoms with Crippen LogP contribution in [-0.4, -0.2) is 65.2 Å². The number of benzene rings is 2. The Kier molecular flexibility index (Phi) is 9.93. The topological polar surface area (TPSA) is 103 Å². The molecule has 2 rings (SSSR count). The van der Waals surface area contributed by atoms with Crippen LogP contribution in [-0.2, 0) is 16.2 Å². The third-order valence-electron chi connectivity index (χ3n) is 5.25. The molecule has 0 saturated heterocycles. The van der Waals surface area contributed by atoms with Gasteiger partial charge in [0.2, 0.25) is 0 Å². The lowest BCUT2D eigenvalue weighted by Crippen LogP contribution is -2.51. The standard InChI is InChI=1S/C24H30N4O5S2/c1-14-7-10-20(33-6)19(11-14)24(35)28(4)26-22(31)15(2)21(30)25-27(3)23(34)18-12-17(32-5)9-8-16(18)13-29/h7-12,15,29H,13H2,1-6H3,(H,25,30)(H,26,31). The number of nitrogens with zero attached hydrogens (tertiary/aromatic N) is 2. The average molecular weight is 519 g/mol. The molecule has 0 aliphatic heterocycles. The molecule has 0 aliphatic rings. The van der Waals surface area contributed by atoms with Gasteiger partial charge < -0.3 is 14.6 Å².